The van der Waals surface area contributed by atoms with E-state index >= 15 is 4.39 Å². The number of aromatic nitrogens is 3. The van der Waals surface area contributed by atoms with Gasteiger partial charge in [-0.25, -0.2) is 23.5 Å². The number of carbonyl (C=O) groups excluding carboxylic acids is 1. The molecule has 2 aromatic carbocycles. The average molecular weight is 489 g/mol. The van der Waals surface area contributed by atoms with Gasteiger partial charge in [0.25, 0.3) is 0 Å². The van der Waals surface area contributed by atoms with Crippen LogP contribution in [0.4, 0.5) is 32.4 Å². The molecule has 4 aromatic rings. The maximum absolute atomic E-state index is 15.3. The van der Waals surface area contributed by atoms with Crippen molar-refractivity contribution in [3.63, 3.8) is 0 Å². The number of ether oxygens (including phenoxy) is 1. The molecule has 0 saturated heterocycles. The number of rotatable bonds is 3. The predicted molar refractivity (Wildman–Crippen MR) is 115 cm³/mol. The number of hydrogen-bond donors (Lipinski definition) is 2. The van der Waals surface area contributed by atoms with Crippen molar-refractivity contribution in [1.82, 2.24) is 19.9 Å². The first kappa shape index (κ1) is 22.7. The molecule has 1 aliphatic heterocycles. The highest BCUT2D eigenvalue weighted by atomic mass is 19.4. The van der Waals surface area contributed by atoms with Gasteiger partial charge in [-0.3, -0.25) is 4.57 Å². The van der Waals surface area contributed by atoms with Gasteiger partial charge in [-0.1, -0.05) is 0 Å². The van der Waals surface area contributed by atoms with Crippen molar-refractivity contribution in [2.24, 2.45) is 0 Å². The van der Waals surface area contributed by atoms with Crippen molar-refractivity contribution in [3.8, 4) is 11.6 Å². The number of fused-ring (bicyclic) bond motifs is 2. The first-order valence-electron chi connectivity index (χ1n) is 10.3. The van der Waals surface area contributed by atoms with E-state index in [0.717, 1.165) is 21.9 Å². The second-order valence-electron chi connectivity index (χ2n) is 7.86. The average Bonchev–Trinajstić information content (AvgIpc) is 3.41. The van der Waals surface area contributed by atoms with Crippen LogP contribution in [-0.2, 0) is 19.3 Å². The van der Waals surface area contributed by atoms with Crippen molar-refractivity contribution in [1.29, 1.82) is 0 Å². The van der Waals surface area contributed by atoms with E-state index < -0.39 is 29.4 Å². The van der Waals surface area contributed by atoms with E-state index in [1.807, 2.05) is 0 Å². The number of benzene rings is 2. The summed E-state index contributed by atoms with van der Waals surface area (Å²) in [5, 5.41) is 5.47. The molecular weight excluding hydrogens is 473 g/mol. The normalized spacial score (nSPS) is 13.2. The zero-order valence-corrected chi connectivity index (χ0v) is 18.0. The largest absolute Gasteiger partial charge is 0.435 e. The molecule has 2 aromatic heterocycles. The van der Waals surface area contributed by atoms with Crippen molar-refractivity contribution < 1.29 is 31.5 Å². The van der Waals surface area contributed by atoms with Crippen LogP contribution in [0.3, 0.4) is 0 Å². The summed E-state index contributed by atoms with van der Waals surface area (Å²) in [5.41, 5.74) is 0.180. The lowest BCUT2D eigenvalue weighted by molar-refractivity contribution is -0.139. The summed E-state index contributed by atoms with van der Waals surface area (Å²) >= 11 is 0. The summed E-state index contributed by atoms with van der Waals surface area (Å²) in [4.78, 5) is 21.1. The fourth-order valence-corrected chi connectivity index (χ4v) is 3.96. The second kappa shape index (κ2) is 8.31. The Labute approximate surface area is 194 Å². The van der Waals surface area contributed by atoms with Gasteiger partial charge >= 0.3 is 12.2 Å². The highest BCUT2D eigenvalue weighted by Gasteiger charge is 2.34. The van der Waals surface area contributed by atoms with Gasteiger partial charge in [0.05, 0.1) is 22.3 Å². The molecule has 0 spiro atoms. The van der Waals surface area contributed by atoms with E-state index in [2.05, 4.69) is 20.6 Å². The van der Waals surface area contributed by atoms with Gasteiger partial charge in [0, 0.05) is 29.9 Å². The molecule has 35 heavy (non-hydrogen) atoms. The molecule has 0 atom stereocenters. The monoisotopic (exact) mass is 489 g/mol. The Balaban J connectivity index is 1.46. The van der Waals surface area contributed by atoms with Gasteiger partial charge in [-0.15, -0.1) is 0 Å². The summed E-state index contributed by atoms with van der Waals surface area (Å²) in [7, 11) is 0. The van der Waals surface area contributed by atoms with Gasteiger partial charge < -0.3 is 15.4 Å². The van der Waals surface area contributed by atoms with E-state index in [4.69, 9.17) is 4.74 Å². The van der Waals surface area contributed by atoms with Crippen molar-refractivity contribution in [2.45, 2.75) is 26.2 Å². The van der Waals surface area contributed by atoms with Crippen molar-refractivity contribution in [2.75, 3.05) is 5.32 Å². The topological polar surface area (TPSA) is 81.1 Å². The van der Waals surface area contributed by atoms with Crippen LogP contribution in [0, 0.1) is 18.6 Å². The van der Waals surface area contributed by atoms with E-state index in [1.54, 1.807) is 0 Å². The van der Waals surface area contributed by atoms with E-state index in [9.17, 15) is 22.4 Å². The molecule has 0 unspecified atom stereocenters. The third kappa shape index (κ3) is 4.05. The van der Waals surface area contributed by atoms with Gasteiger partial charge in [0.2, 0.25) is 5.88 Å². The number of amides is 1. The molecule has 3 heterocycles. The Bertz CT molecular complexity index is 1480. The molecule has 0 saturated carbocycles. The number of alkyl halides is 3. The lowest BCUT2D eigenvalue weighted by Crippen LogP contribution is -2.21. The van der Waals surface area contributed by atoms with Crippen LogP contribution in [0.5, 0.6) is 11.6 Å². The Morgan fingerprint density at radius 2 is 1.91 bits per heavy atom. The molecule has 1 amide bonds. The van der Waals surface area contributed by atoms with Gasteiger partial charge in [0.15, 0.2) is 11.6 Å². The number of hydrogen-bond acceptors (Lipinski definition) is 5. The van der Waals surface area contributed by atoms with Gasteiger partial charge in [-0.05, 0) is 43.3 Å². The van der Waals surface area contributed by atoms with E-state index in [0.29, 0.717) is 30.9 Å². The molecule has 0 aliphatic carbocycles. The third-order valence-corrected chi connectivity index (χ3v) is 5.59. The molecule has 180 valence electrons. The molecule has 5 rings (SSSR count). The zero-order chi connectivity index (χ0) is 24.9. The number of aryl methyl sites for hydroxylation is 1. The van der Waals surface area contributed by atoms with Gasteiger partial charge in [-0.2, -0.15) is 13.2 Å². The maximum Gasteiger partial charge on any atom is 0.419 e. The van der Waals surface area contributed by atoms with E-state index in [-0.39, 0.29) is 28.2 Å². The summed E-state index contributed by atoms with van der Waals surface area (Å²) in [5.74, 6) is -2.10. The van der Waals surface area contributed by atoms with Crippen LogP contribution < -0.4 is 15.4 Å². The highest BCUT2D eigenvalue weighted by molar-refractivity contribution is 6.00. The summed E-state index contributed by atoms with van der Waals surface area (Å²) < 4.78 is 74.7. The van der Waals surface area contributed by atoms with Gasteiger partial charge in [0.1, 0.15) is 12.1 Å². The first-order chi connectivity index (χ1) is 16.6. The number of nitrogens with zero attached hydrogens (tertiary/aromatic N) is 3. The molecular formula is C23H16F5N5O2. The quantitative estimate of drug-likeness (QED) is 0.371. The molecule has 0 radical (unpaired) electrons. The van der Waals surface area contributed by atoms with Crippen molar-refractivity contribution >= 4 is 22.6 Å². The second-order valence-corrected chi connectivity index (χ2v) is 7.86. The summed E-state index contributed by atoms with van der Waals surface area (Å²) in [6.07, 6.45) is -3.61. The first-order valence-corrected chi connectivity index (χ1v) is 10.3. The Morgan fingerprint density at radius 1 is 1.11 bits per heavy atom. The minimum Gasteiger partial charge on any atom is -0.435 e. The Hall–Kier alpha value is -4.06. The number of nitrogens with one attached hydrogen (secondary N) is 2. The van der Waals surface area contributed by atoms with Crippen LogP contribution in [0.1, 0.15) is 22.5 Å². The standard InChI is InChI=1S/C23H16F5N5O2/c1-11-6-13-18(33(11)22(34)32-12-2-3-16(24)15(7-12)23(26,27)28)4-5-19(20(13)25)35-21-14-8-29-9-17(14)30-10-31-21/h2-7,10,29H,8-9H2,1H3,(H,32,34). The molecule has 12 heteroatoms. The smallest absolute Gasteiger partial charge is 0.419 e. The predicted octanol–water partition coefficient (Wildman–Crippen LogP) is 5.51. The lowest BCUT2D eigenvalue weighted by atomic mass is 10.2. The number of carbonyl (C=O) groups is 1. The summed E-state index contributed by atoms with van der Waals surface area (Å²) in [6.45, 7) is 2.56. The fraction of sp³-hybridized carbons (Fsp3) is 0.174. The third-order valence-electron chi connectivity index (χ3n) is 5.59. The minimum atomic E-state index is -4.93. The molecule has 0 bridgehead atoms. The SMILES string of the molecule is Cc1cc2c(F)c(Oc3ncnc4c3CNC4)ccc2n1C(=O)Nc1ccc(F)c(C(F)(F)F)c1. The zero-order valence-electron chi connectivity index (χ0n) is 18.0. The number of halogens is 5. The Kier molecular flexibility index (Phi) is 5.39. The lowest BCUT2D eigenvalue weighted by Gasteiger charge is -2.13. The highest BCUT2D eigenvalue weighted by Crippen LogP contribution is 2.35. The molecule has 2 N–H and O–H groups in total. The van der Waals surface area contributed by atoms with Crippen LogP contribution >= 0.6 is 0 Å². The number of anilines is 1. The van der Waals surface area contributed by atoms with Crippen LogP contribution in [0.25, 0.3) is 10.9 Å². The van der Waals surface area contributed by atoms with Crippen LogP contribution in [0.15, 0.2) is 42.7 Å². The maximum atomic E-state index is 15.3. The summed E-state index contributed by atoms with van der Waals surface area (Å²) in [6, 6.07) is 5.46. The van der Waals surface area contributed by atoms with Crippen LogP contribution in [-0.4, -0.2) is 20.6 Å². The van der Waals surface area contributed by atoms with E-state index in [1.165, 1.54) is 31.5 Å². The van der Waals surface area contributed by atoms with Crippen molar-refractivity contribution in [3.05, 3.63) is 76.9 Å². The molecule has 1 aliphatic rings. The Morgan fingerprint density at radius 3 is 2.69 bits per heavy atom. The van der Waals surface area contributed by atoms with Crippen LogP contribution in [0.2, 0.25) is 0 Å². The molecule has 7 nitrogen and oxygen atoms in total. The molecule has 0 fully saturated rings. The minimum absolute atomic E-state index is 0.0639. The fourth-order valence-electron chi connectivity index (χ4n) is 3.96.